The molecule has 0 aromatic heterocycles. The van der Waals surface area contributed by atoms with E-state index >= 15 is 0 Å². The first-order valence-electron chi connectivity index (χ1n) is 7.69. The average molecular weight is 270 g/mol. The Labute approximate surface area is 120 Å². The minimum atomic E-state index is -0.106. The summed E-state index contributed by atoms with van der Waals surface area (Å²) in [6.45, 7) is 2.02. The lowest BCUT2D eigenvalue weighted by atomic mass is 9.94. The van der Waals surface area contributed by atoms with Gasteiger partial charge in [0, 0.05) is 18.5 Å². The van der Waals surface area contributed by atoms with Crippen LogP contribution in [0.5, 0.6) is 0 Å². The highest BCUT2D eigenvalue weighted by molar-refractivity contribution is 5.32. The third kappa shape index (κ3) is 2.72. The van der Waals surface area contributed by atoms with Crippen molar-refractivity contribution < 1.29 is 5.11 Å². The number of benzene rings is 1. The minimum Gasteiger partial charge on any atom is -0.393 e. The summed E-state index contributed by atoms with van der Waals surface area (Å²) in [5, 5.41) is 19.1. The van der Waals surface area contributed by atoms with Crippen LogP contribution in [0.3, 0.4) is 0 Å². The molecule has 3 nitrogen and oxygen atoms in total. The number of likely N-dealkylation sites (tertiary alicyclic amines) is 1. The fourth-order valence-corrected chi connectivity index (χ4v) is 3.92. The molecule has 2 fully saturated rings. The Bertz CT molecular complexity index is 508. The zero-order chi connectivity index (χ0) is 13.9. The molecule has 0 amide bonds. The first-order chi connectivity index (χ1) is 9.78. The van der Waals surface area contributed by atoms with Gasteiger partial charge < -0.3 is 5.11 Å². The van der Waals surface area contributed by atoms with Gasteiger partial charge >= 0.3 is 0 Å². The zero-order valence-electron chi connectivity index (χ0n) is 11.8. The van der Waals surface area contributed by atoms with Crippen LogP contribution in [0.2, 0.25) is 0 Å². The number of rotatable bonds is 3. The van der Waals surface area contributed by atoms with Gasteiger partial charge in [-0.05, 0) is 49.9 Å². The minimum absolute atomic E-state index is 0.106. The quantitative estimate of drug-likeness (QED) is 0.918. The maximum absolute atomic E-state index is 10.1. The Morgan fingerprint density at radius 1 is 1.25 bits per heavy atom. The molecule has 1 saturated heterocycles. The van der Waals surface area contributed by atoms with E-state index < -0.39 is 0 Å². The Hall–Kier alpha value is -1.37. The van der Waals surface area contributed by atoms with Gasteiger partial charge in [-0.15, -0.1) is 0 Å². The standard InChI is InChI=1S/C17H22N2O/c18-11-13-4-1-5-14(10-13)12-19-9-3-7-16(19)15-6-2-8-17(15)20/h1,4-5,10,15-17,20H,2-3,6-9,12H2. The van der Waals surface area contributed by atoms with Crippen LogP contribution in [0, 0.1) is 17.2 Å². The summed E-state index contributed by atoms with van der Waals surface area (Å²) in [6.07, 6.45) is 5.64. The number of hydrogen-bond donors (Lipinski definition) is 1. The van der Waals surface area contributed by atoms with Gasteiger partial charge in [0.15, 0.2) is 0 Å². The average Bonchev–Trinajstić information content (AvgIpc) is 3.07. The SMILES string of the molecule is N#Cc1cccc(CN2CCCC2C2CCCC2O)c1. The summed E-state index contributed by atoms with van der Waals surface area (Å²) in [5.74, 6) is 0.455. The third-order valence-electron chi connectivity index (χ3n) is 4.88. The Morgan fingerprint density at radius 2 is 2.15 bits per heavy atom. The van der Waals surface area contributed by atoms with Crippen molar-refractivity contribution in [2.75, 3.05) is 6.54 Å². The molecule has 1 aliphatic carbocycles. The molecule has 20 heavy (non-hydrogen) atoms. The summed E-state index contributed by atoms with van der Waals surface area (Å²) in [5.41, 5.74) is 1.95. The third-order valence-corrected chi connectivity index (χ3v) is 4.88. The van der Waals surface area contributed by atoms with E-state index in [1.165, 1.54) is 31.2 Å². The molecule has 3 atom stereocenters. The van der Waals surface area contributed by atoms with E-state index in [9.17, 15) is 5.11 Å². The molecule has 1 aromatic rings. The Kier molecular flexibility index (Phi) is 4.05. The molecule has 106 valence electrons. The predicted octanol–water partition coefficient (Wildman–Crippen LogP) is 2.68. The molecule has 3 heteroatoms. The van der Waals surface area contributed by atoms with Gasteiger partial charge in [-0.3, -0.25) is 4.90 Å². The van der Waals surface area contributed by atoms with Gasteiger partial charge in [-0.1, -0.05) is 18.6 Å². The van der Waals surface area contributed by atoms with E-state index in [4.69, 9.17) is 5.26 Å². The van der Waals surface area contributed by atoms with E-state index in [0.717, 1.165) is 25.1 Å². The van der Waals surface area contributed by atoms with Gasteiger partial charge in [0.2, 0.25) is 0 Å². The molecule has 3 unspecified atom stereocenters. The van der Waals surface area contributed by atoms with Gasteiger partial charge in [0.05, 0.1) is 17.7 Å². The van der Waals surface area contributed by atoms with E-state index in [-0.39, 0.29) is 6.10 Å². The highest BCUT2D eigenvalue weighted by Crippen LogP contribution is 2.36. The highest BCUT2D eigenvalue weighted by atomic mass is 16.3. The highest BCUT2D eigenvalue weighted by Gasteiger charge is 2.37. The Balaban J connectivity index is 1.71. The lowest BCUT2D eigenvalue weighted by Gasteiger charge is -2.31. The van der Waals surface area contributed by atoms with Crippen LogP contribution >= 0.6 is 0 Å². The Morgan fingerprint density at radius 3 is 2.90 bits per heavy atom. The molecule has 2 aliphatic rings. The fraction of sp³-hybridized carbons (Fsp3) is 0.588. The van der Waals surface area contributed by atoms with Crippen LogP contribution in [0.1, 0.15) is 43.2 Å². The van der Waals surface area contributed by atoms with Crippen LogP contribution in [-0.2, 0) is 6.54 Å². The lowest BCUT2D eigenvalue weighted by molar-refractivity contribution is 0.0719. The van der Waals surface area contributed by atoms with E-state index in [1.54, 1.807) is 0 Å². The molecule has 1 aromatic carbocycles. The number of aliphatic hydroxyl groups excluding tert-OH is 1. The zero-order valence-corrected chi connectivity index (χ0v) is 11.8. The number of aliphatic hydroxyl groups is 1. The van der Waals surface area contributed by atoms with Gasteiger partial charge in [-0.25, -0.2) is 0 Å². The molecule has 1 saturated carbocycles. The van der Waals surface area contributed by atoms with Crippen LogP contribution in [0.15, 0.2) is 24.3 Å². The molecule has 1 heterocycles. The van der Waals surface area contributed by atoms with Gasteiger partial charge in [0.1, 0.15) is 0 Å². The second kappa shape index (κ2) is 5.95. The summed E-state index contributed by atoms with van der Waals surface area (Å²) in [6, 6.07) is 10.6. The second-order valence-corrected chi connectivity index (χ2v) is 6.15. The van der Waals surface area contributed by atoms with Crippen molar-refractivity contribution in [3.63, 3.8) is 0 Å². The molecule has 1 aliphatic heterocycles. The monoisotopic (exact) mass is 270 g/mol. The van der Waals surface area contributed by atoms with Crippen molar-refractivity contribution in [2.45, 2.75) is 50.8 Å². The molecular formula is C17H22N2O. The molecule has 0 radical (unpaired) electrons. The molecule has 0 spiro atoms. The van der Waals surface area contributed by atoms with E-state index in [2.05, 4.69) is 17.0 Å². The molecule has 0 bridgehead atoms. The van der Waals surface area contributed by atoms with E-state index in [1.807, 2.05) is 18.2 Å². The first kappa shape index (κ1) is 13.6. The largest absolute Gasteiger partial charge is 0.393 e. The maximum Gasteiger partial charge on any atom is 0.0991 e. The fourth-order valence-electron chi connectivity index (χ4n) is 3.92. The van der Waals surface area contributed by atoms with Crippen molar-refractivity contribution in [1.29, 1.82) is 5.26 Å². The normalized spacial score (nSPS) is 30.5. The van der Waals surface area contributed by atoms with Crippen LogP contribution < -0.4 is 0 Å². The van der Waals surface area contributed by atoms with Crippen molar-refractivity contribution in [3.8, 4) is 6.07 Å². The van der Waals surface area contributed by atoms with Crippen LogP contribution in [0.4, 0.5) is 0 Å². The van der Waals surface area contributed by atoms with Crippen molar-refractivity contribution >= 4 is 0 Å². The van der Waals surface area contributed by atoms with Crippen LogP contribution in [-0.4, -0.2) is 28.7 Å². The van der Waals surface area contributed by atoms with Crippen molar-refractivity contribution in [2.24, 2.45) is 5.92 Å². The smallest absolute Gasteiger partial charge is 0.0991 e. The second-order valence-electron chi connectivity index (χ2n) is 6.15. The number of nitrogens with zero attached hydrogens (tertiary/aromatic N) is 2. The first-order valence-corrected chi connectivity index (χ1v) is 7.69. The van der Waals surface area contributed by atoms with E-state index in [0.29, 0.717) is 12.0 Å². The molecule has 1 N–H and O–H groups in total. The number of nitriles is 1. The number of hydrogen-bond acceptors (Lipinski definition) is 3. The molecule has 3 rings (SSSR count). The van der Waals surface area contributed by atoms with Crippen LogP contribution in [0.25, 0.3) is 0 Å². The lowest BCUT2D eigenvalue weighted by Crippen LogP contribution is -2.38. The summed E-state index contributed by atoms with van der Waals surface area (Å²) >= 11 is 0. The molecular weight excluding hydrogens is 248 g/mol. The summed E-state index contributed by atoms with van der Waals surface area (Å²) in [4.78, 5) is 2.51. The van der Waals surface area contributed by atoms with Gasteiger partial charge in [0.25, 0.3) is 0 Å². The summed E-state index contributed by atoms with van der Waals surface area (Å²) in [7, 11) is 0. The topological polar surface area (TPSA) is 47.3 Å². The van der Waals surface area contributed by atoms with Crippen molar-refractivity contribution in [3.05, 3.63) is 35.4 Å². The maximum atomic E-state index is 10.1. The predicted molar refractivity (Wildman–Crippen MR) is 77.9 cm³/mol. The van der Waals surface area contributed by atoms with Gasteiger partial charge in [-0.2, -0.15) is 5.26 Å². The summed E-state index contributed by atoms with van der Waals surface area (Å²) < 4.78 is 0. The van der Waals surface area contributed by atoms with Crippen molar-refractivity contribution in [1.82, 2.24) is 4.90 Å².